The van der Waals surface area contributed by atoms with Gasteiger partial charge in [-0.25, -0.2) is 4.98 Å². The molecular formula is C10H7ClF2N2O3. The van der Waals surface area contributed by atoms with E-state index in [9.17, 15) is 13.6 Å². The van der Waals surface area contributed by atoms with Crippen LogP contribution in [0.4, 0.5) is 8.78 Å². The molecule has 8 heteroatoms. The Morgan fingerprint density at radius 2 is 2.11 bits per heavy atom. The van der Waals surface area contributed by atoms with Gasteiger partial charge in [-0.1, -0.05) is 0 Å². The number of ether oxygens (including phenoxy) is 2. The van der Waals surface area contributed by atoms with E-state index >= 15 is 0 Å². The van der Waals surface area contributed by atoms with E-state index in [0.29, 0.717) is 0 Å². The topological polar surface area (TPSA) is 64.2 Å². The van der Waals surface area contributed by atoms with Gasteiger partial charge in [0.2, 0.25) is 5.28 Å². The van der Waals surface area contributed by atoms with Crippen molar-refractivity contribution in [1.82, 2.24) is 9.97 Å². The van der Waals surface area contributed by atoms with Crippen LogP contribution in [0.3, 0.4) is 0 Å². The van der Waals surface area contributed by atoms with Gasteiger partial charge in [-0.05, 0) is 17.7 Å². The molecule has 2 rings (SSSR count). The molecule has 18 heavy (non-hydrogen) atoms. The van der Waals surface area contributed by atoms with E-state index in [1.54, 1.807) is 0 Å². The highest BCUT2D eigenvalue weighted by Crippen LogP contribution is 2.31. The standard InChI is InChI=1S/C10H7ClF2N2O3/c1-17-6-3-5-4(2-7(6)18-10(12)13)8(16)15-9(11)14-5/h2-3,10H,1H3,(H,14,15,16). The van der Waals surface area contributed by atoms with Gasteiger partial charge < -0.3 is 9.47 Å². The molecule has 0 saturated carbocycles. The number of rotatable bonds is 3. The molecule has 0 aliphatic carbocycles. The van der Waals surface area contributed by atoms with Crippen molar-refractivity contribution in [3.63, 3.8) is 0 Å². The predicted molar refractivity (Wildman–Crippen MR) is 60.6 cm³/mol. The Labute approximate surface area is 104 Å². The van der Waals surface area contributed by atoms with Gasteiger partial charge in [0.15, 0.2) is 11.5 Å². The number of aromatic amines is 1. The number of hydrogen-bond acceptors (Lipinski definition) is 4. The first-order valence-electron chi connectivity index (χ1n) is 4.73. The van der Waals surface area contributed by atoms with Gasteiger partial charge in [0.05, 0.1) is 18.0 Å². The Kier molecular flexibility index (Phi) is 3.33. The van der Waals surface area contributed by atoms with Gasteiger partial charge in [0.25, 0.3) is 5.56 Å². The average molecular weight is 277 g/mol. The van der Waals surface area contributed by atoms with Crippen LogP contribution in [0.1, 0.15) is 0 Å². The van der Waals surface area contributed by atoms with Crippen LogP contribution in [0, 0.1) is 0 Å². The van der Waals surface area contributed by atoms with Gasteiger partial charge >= 0.3 is 6.61 Å². The van der Waals surface area contributed by atoms with Crippen molar-refractivity contribution in [2.24, 2.45) is 0 Å². The molecule has 2 aromatic rings. The van der Waals surface area contributed by atoms with Crippen LogP contribution in [0.25, 0.3) is 10.9 Å². The average Bonchev–Trinajstić information content (AvgIpc) is 2.28. The second-order valence-electron chi connectivity index (χ2n) is 3.26. The molecule has 1 aromatic heterocycles. The van der Waals surface area contributed by atoms with E-state index in [-0.39, 0.29) is 27.7 Å². The van der Waals surface area contributed by atoms with Crippen LogP contribution >= 0.6 is 11.6 Å². The van der Waals surface area contributed by atoms with Crippen LogP contribution in [0.5, 0.6) is 11.5 Å². The number of nitrogens with one attached hydrogen (secondary N) is 1. The molecular weight excluding hydrogens is 270 g/mol. The van der Waals surface area contributed by atoms with Crippen molar-refractivity contribution in [3.05, 3.63) is 27.8 Å². The lowest BCUT2D eigenvalue weighted by atomic mass is 10.2. The molecule has 5 nitrogen and oxygen atoms in total. The molecule has 0 aliphatic heterocycles. The second-order valence-corrected chi connectivity index (χ2v) is 3.61. The minimum absolute atomic E-state index is 0.0389. The van der Waals surface area contributed by atoms with Gasteiger partial charge in [-0.3, -0.25) is 9.78 Å². The van der Waals surface area contributed by atoms with E-state index in [1.807, 2.05) is 0 Å². The quantitative estimate of drug-likeness (QED) is 0.873. The lowest BCUT2D eigenvalue weighted by molar-refractivity contribution is -0.0511. The fourth-order valence-corrected chi connectivity index (χ4v) is 1.64. The van der Waals surface area contributed by atoms with Gasteiger partial charge in [-0.2, -0.15) is 8.78 Å². The lowest BCUT2D eigenvalue weighted by Crippen LogP contribution is -2.09. The highest BCUT2D eigenvalue weighted by atomic mass is 35.5. The van der Waals surface area contributed by atoms with Crippen molar-refractivity contribution in [2.75, 3.05) is 7.11 Å². The number of methoxy groups -OCH3 is 1. The van der Waals surface area contributed by atoms with Gasteiger partial charge in [-0.15, -0.1) is 0 Å². The van der Waals surface area contributed by atoms with Crippen LogP contribution in [-0.4, -0.2) is 23.7 Å². The fourth-order valence-electron chi connectivity index (χ4n) is 1.47. The first kappa shape index (κ1) is 12.6. The summed E-state index contributed by atoms with van der Waals surface area (Å²) in [6, 6.07) is 2.43. The van der Waals surface area contributed by atoms with Crippen LogP contribution in [0.2, 0.25) is 5.28 Å². The number of nitrogens with zero attached hydrogens (tertiary/aromatic N) is 1. The molecule has 0 saturated heterocycles. The number of H-pyrrole nitrogens is 1. The maximum absolute atomic E-state index is 12.2. The number of aromatic nitrogens is 2. The Hall–Kier alpha value is -1.89. The summed E-state index contributed by atoms with van der Waals surface area (Å²) >= 11 is 5.58. The number of halogens is 3. The second kappa shape index (κ2) is 4.77. The van der Waals surface area contributed by atoms with Crippen LogP contribution in [-0.2, 0) is 0 Å². The Bertz CT molecular complexity index is 645. The fraction of sp³-hybridized carbons (Fsp3) is 0.200. The third-order valence-corrected chi connectivity index (χ3v) is 2.36. The normalized spacial score (nSPS) is 10.9. The number of alkyl halides is 2. The molecule has 0 fully saturated rings. The van der Waals surface area contributed by atoms with E-state index < -0.39 is 12.2 Å². The number of benzene rings is 1. The van der Waals surface area contributed by atoms with Crippen LogP contribution in [0.15, 0.2) is 16.9 Å². The molecule has 96 valence electrons. The summed E-state index contributed by atoms with van der Waals surface area (Å²) in [5, 5.41) is -0.0204. The molecule has 1 aromatic carbocycles. The third-order valence-electron chi connectivity index (χ3n) is 2.18. The minimum Gasteiger partial charge on any atom is -0.493 e. The highest BCUT2D eigenvalue weighted by molar-refractivity contribution is 6.28. The minimum atomic E-state index is -3.02. The summed E-state index contributed by atoms with van der Waals surface area (Å²) in [5.41, 5.74) is -0.325. The van der Waals surface area contributed by atoms with E-state index in [1.165, 1.54) is 13.2 Å². The molecule has 0 atom stereocenters. The van der Waals surface area contributed by atoms with Gasteiger partial charge in [0, 0.05) is 6.07 Å². The maximum Gasteiger partial charge on any atom is 0.387 e. The lowest BCUT2D eigenvalue weighted by Gasteiger charge is -2.10. The molecule has 0 aliphatic rings. The smallest absolute Gasteiger partial charge is 0.387 e. The molecule has 0 unspecified atom stereocenters. The summed E-state index contributed by atoms with van der Waals surface area (Å²) < 4.78 is 33.5. The summed E-state index contributed by atoms with van der Waals surface area (Å²) in [5.74, 6) is -0.202. The van der Waals surface area contributed by atoms with Crippen molar-refractivity contribution >= 4 is 22.5 Å². The maximum atomic E-state index is 12.2. The Morgan fingerprint density at radius 1 is 1.39 bits per heavy atom. The zero-order valence-electron chi connectivity index (χ0n) is 9.04. The van der Waals surface area contributed by atoms with Crippen molar-refractivity contribution < 1.29 is 18.3 Å². The molecule has 0 bridgehead atoms. The molecule has 1 N–H and O–H groups in total. The zero-order valence-corrected chi connectivity index (χ0v) is 9.79. The van der Waals surface area contributed by atoms with Crippen molar-refractivity contribution in [3.8, 4) is 11.5 Å². The summed E-state index contributed by atoms with van der Waals surface area (Å²) in [7, 11) is 1.29. The Morgan fingerprint density at radius 3 is 2.72 bits per heavy atom. The van der Waals surface area contributed by atoms with E-state index in [0.717, 1.165) is 6.07 Å². The van der Waals surface area contributed by atoms with E-state index in [2.05, 4.69) is 14.7 Å². The van der Waals surface area contributed by atoms with Crippen LogP contribution < -0.4 is 15.0 Å². The summed E-state index contributed by atoms with van der Waals surface area (Å²) in [6.45, 7) is -3.02. The third kappa shape index (κ3) is 2.35. The van der Waals surface area contributed by atoms with E-state index in [4.69, 9.17) is 16.3 Å². The SMILES string of the molecule is COc1cc2nc(Cl)[nH]c(=O)c2cc1OC(F)F. The molecule has 1 heterocycles. The molecule has 0 amide bonds. The summed E-state index contributed by atoms with van der Waals surface area (Å²) in [6.07, 6.45) is 0. The number of hydrogen-bond donors (Lipinski definition) is 1. The van der Waals surface area contributed by atoms with Crippen molar-refractivity contribution in [1.29, 1.82) is 0 Å². The highest BCUT2D eigenvalue weighted by Gasteiger charge is 2.14. The monoisotopic (exact) mass is 276 g/mol. The van der Waals surface area contributed by atoms with Crippen molar-refractivity contribution in [2.45, 2.75) is 6.61 Å². The largest absolute Gasteiger partial charge is 0.493 e. The molecule has 0 spiro atoms. The zero-order chi connectivity index (χ0) is 13.3. The molecule has 0 radical (unpaired) electrons. The number of fused-ring (bicyclic) bond motifs is 1. The summed E-state index contributed by atoms with van der Waals surface area (Å²) in [4.78, 5) is 17.7. The first-order valence-corrected chi connectivity index (χ1v) is 5.11. The first-order chi connectivity index (χ1) is 8.51. The Balaban J connectivity index is 2.69. The van der Waals surface area contributed by atoms with Gasteiger partial charge in [0.1, 0.15) is 0 Å². The predicted octanol–water partition coefficient (Wildman–Crippen LogP) is 2.19.